The van der Waals surface area contributed by atoms with E-state index in [-0.39, 0.29) is 0 Å². The summed E-state index contributed by atoms with van der Waals surface area (Å²) >= 11 is 0. The molecule has 2 rings (SSSR count). The highest BCUT2D eigenvalue weighted by molar-refractivity contribution is 5.79. The third-order valence-electron chi connectivity index (χ3n) is 4.12. The highest BCUT2D eigenvalue weighted by atomic mass is 16.3. The maximum atomic E-state index is 10.5. The van der Waals surface area contributed by atoms with Crippen molar-refractivity contribution in [2.24, 2.45) is 0 Å². The average molecular weight is 254 g/mol. The first kappa shape index (κ1) is 13.7. The first-order valence-corrected chi connectivity index (χ1v) is 6.71. The molecule has 0 unspecified atom stereocenters. The Morgan fingerprint density at radius 2 is 1.16 bits per heavy atom. The Kier molecular flexibility index (Phi) is 3.40. The molecule has 0 heterocycles. The van der Waals surface area contributed by atoms with Crippen molar-refractivity contribution in [3.05, 3.63) is 51.6 Å². The van der Waals surface area contributed by atoms with E-state index in [0.717, 1.165) is 27.8 Å². The quantitative estimate of drug-likeness (QED) is 0.766. The molecule has 1 nitrogen and oxygen atoms in total. The van der Waals surface area contributed by atoms with Crippen molar-refractivity contribution in [1.82, 2.24) is 0 Å². The van der Waals surface area contributed by atoms with Gasteiger partial charge in [-0.2, -0.15) is 0 Å². The van der Waals surface area contributed by atoms with Crippen LogP contribution in [0, 0.1) is 41.5 Å². The fourth-order valence-corrected chi connectivity index (χ4v) is 2.64. The van der Waals surface area contributed by atoms with E-state index in [1.165, 1.54) is 16.7 Å². The molecule has 1 heteroatoms. The summed E-state index contributed by atoms with van der Waals surface area (Å²) < 4.78 is 0. The zero-order valence-corrected chi connectivity index (χ0v) is 12.7. The van der Waals surface area contributed by atoms with Crippen molar-refractivity contribution in [2.45, 2.75) is 41.5 Å². The summed E-state index contributed by atoms with van der Waals surface area (Å²) in [6.45, 7) is 12.4. The number of aryl methyl sites for hydroxylation is 5. The maximum absolute atomic E-state index is 10.5. The lowest BCUT2D eigenvalue weighted by molar-refractivity contribution is 0.472. The summed E-state index contributed by atoms with van der Waals surface area (Å²) in [5, 5.41) is 10.5. The van der Waals surface area contributed by atoms with Gasteiger partial charge in [-0.15, -0.1) is 0 Å². The van der Waals surface area contributed by atoms with Gasteiger partial charge in [0, 0.05) is 5.56 Å². The van der Waals surface area contributed by atoms with Gasteiger partial charge in [0.1, 0.15) is 5.75 Å². The molecule has 2 aromatic rings. The predicted octanol–water partition coefficient (Wildman–Crippen LogP) is 4.91. The summed E-state index contributed by atoms with van der Waals surface area (Å²) in [7, 11) is 0. The molecule has 100 valence electrons. The van der Waals surface area contributed by atoms with E-state index in [1.54, 1.807) is 0 Å². The molecule has 0 atom stereocenters. The summed E-state index contributed by atoms with van der Waals surface area (Å²) in [4.78, 5) is 0. The monoisotopic (exact) mass is 254 g/mol. The van der Waals surface area contributed by atoms with Crippen LogP contribution in [-0.2, 0) is 0 Å². The molecule has 0 aliphatic heterocycles. The number of benzene rings is 2. The van der Waals surface area contributed by atoms with Crippen LogP contribution in [0.5, 0.6) is 5.75 Å². The van der Waals surface area contributed by atoms with Crippen LogP contribution >= 0.6 is 0 Å². The van der Waals surface area contributed by atoms with E-state index in [2.05, 4.69) is 45.9 Å². The van der Waals surface area contributed by atoms with Crippen LogP contribution in [0.15, 0.2) is 18.2 Å². The largest absolute Gasteiger partial charge is 0.507 e. The van der Waals surface area contributed by atoms with E-state index >= 15 is 0 Å². The number of phenols is 1. The highest BCUT2D eigenvalue weighted by Gasteiger charge is 2.15. The molecule has 0 aliphatic rings. The number of rotatable bonds is 1. The second-order valence-electron chi connectivity index (χ2n) is 5.61. The molecular weight excluding hydrogens is 232 g/mol. The molecule has 0 saturated carbocycles. The van der Waals surface area contributed by atoms with Gasteiger partial charge in [0.25, 0.3) is 0 Å². The van der Waals surface area contributed by atoms with E-state index in [9.17, 15) is 5.11 Å². The molecule has 0 fully saturated rings. The number of hydrogen-bond acceptors (Lipinski definition) is 1. The average Bonchev–Trinajstić information content (AvgIpc) is 2.33. The molecule has 0 saturated heterocycles. The Hall–Kier alpha value is -1.76. The minimum absolute atomic E-state index is 0.420. The minimum Gasteiger partial charge on any atom is -0.507 e. The molecule has 0 spiro atoms. The summed E-state index contributed by atoms with van der Waals surface area (Å²) in [6, 6.07) is 6.53. The Bertz CT molecular complexity index is 651. The SMILES string of the molecule is Cc1cc(C)c(-c2c(C)cc(C)c(C)c2O)cc1C. The summed E-state index contributed by atoms with van der Waals surface area (Å²) in [5.41, 5.74) is 9.12. The fourth-order valence-electron chi connectivity index (χ4n) is 2.64. The van der Waals surface area contributed by atoms with Gasteiger partial charge in [-0.3, -0.25) is 0 Å². The van der Waals surface area contributed by atoms with E-state index < -0.39 is 0 Å². The standard InChI is InChI=1S/C18H22O/c1-10-7-13(4)16(9-11(10)2)17-14(5)8-12(3)15(6)18(17)19/h7-9,19H,1-6H3. The van der Waals surface area contributed by atoms with Crippen LogP contribution in [-0.4, -0.2) is 5.11 Å². The zero-order valence-electron chi connectivity index (χ0n) is 12.7. The Balaban J connectivity index is 2.80. The maximum Gasteiger partial charge on any atom is 0.126 e. The molecule has 0 aliphatic carbocycles. The van der Waals surface area contributed by atoms with Crippen LogP contribution in [0.2, 0.25) is 0 Å². The molecule has 0 amide bonds. The second kappa shape index (κ2) is 4.73. The first-order valence-electron chi connectivity index (χ1n) is 6.71. The minimum atomic E-state index is 0.420. The lowest BCUT2D eigenvalue weighted by Crippen LogP contribution is -1.95. The third-order valence-corrected chi connectivity index (χ3v) is 4.12. The fraction of sp³-hybridized carbons (Fsp3) is 0.333. The molecule has 0 radical (unpaired) electrons. The second-order valence-corrected chi connectivity index (χ2v) is 5.61. The van der Waals surface area contributed by atoms with Crippen LogP contribution in [0.4, 0.5) is 0 Å². The van der Waals surface area contributed by atoms with E-state index in [1.807, 2.05) is 13.8 Å². The predicted molar refractivity (Wildman–Crippen MR) is 82.0 cm³/mol. The van der Waals surface area contributed by atoms with Crippen molar-refractivity contribution >= 4 is 0 Å². The van der Waals surface area contributed by atoms with Crippen molar-refractivity contribution in [2.75, 3.05) is 0 Å². The van der Waals surface area contributed by atoms with Gasteiger partial charge in [-0.1, -0.05) is 18.2 Å². The summed E-state index contributed by atoms with van der Waals surface area (Å²) in [6.07, 6.45) is 0. The Labute approximate surface area is 115 Å². The lowest BCUT2D eigenvalue weighted by Gasteiger charge is -2.17. The van der Waals surface area contributed by atoms with Crippen LogP contribution in [0.25, 0.3) is 11.1 Å². The zero-order chi connectivity index (χ0) is 14.3. The topological polar surface area (TPSA) is 20.2 Å². The molecule has 0 bridgehead atoms. The van der Waals surface area contributed by atoms with Crippen molar-refractivity contribution in [3.63, 3.8) is 0 Å². The number of phenolic OH excluding ortho intramolecular Hbond substituents is 1. The van der Waals surface area contributed by atoms with Crippen LogP contribution in [0.3, 0.4) is 0 Å². The molecule has 2 aromatic carbocycles. The van der Waals surface area contributed by atoms with E-state index in [4.69, 9.17) is 0 Å². The van der Waals surface area contributed by atoms with E-state index in [0.29, 0.717) is 5.75 Å². The van der Waals surface area contributed by atoms with Crippen molar-refractivity contribution in [3.8, 4) is 16.9 Å². The van der Waals surface area contributed by atoms with Gasteiger partial charge >= 0.3 is 0 Å². The first-order chi connectivity index (χ1) is 8.82. The Morgan fingerprint density at radius 1 is 0.632 bits per heavy atom. The Morgan fingerprint density at radius 3 is 1.79 bits per heavy atom. The number of hydrogen-bond donors (Lipinski definition) is 1. The molecule has 0 aromatic heterocycles. The van der Waals surface area contributed by atoms with Gasteiger partial charge in [-0.25, -0.2) is 0 Å². The van der Waals surface area contributed by atoms with Gasteiger partial charge in [-0.05, 0) is 80.5 Å². The third kappa shape index (κ3) is 2.25. The lowest BCUT2D eigenvalue weighted by atomic mass is 9.89. The molecule has 19 heavy (non-hydrogen) atoms. The van der Waals surface area contributed by atoms with Gasteiger partial charge in [0.15, 0.2) is 0 Å². The smallest absolute Gasteiger partial charge is 0.126 e. The molecule has 1 N–H and O–H groups in total. The van der Waals surface area contributed by atoms with Gasteiger partial charge < -0.3 is 5.11 Å². The highest BCUT2D eigenvalue weighted by Crippen LogP contribution is 2.39. The summed E-state index contributed by atoms with van der Waals surface area (Å²) in [5.74, 6) is 0.420. The van der Waals surface area contributed by atoms with Crippen LogP contribution in [0.1, 0.15) is 33.4 Å². The van der Waals surface area contributed by atoms with Crippen LogP contribution < -0.4 is 0 Å². The van der Waals surface area contributed by atoms with Crippen molar-refractivity contribution < 1.29 is 5.11 Å². The van der Waals surface area contributed by atoms with Gasteiger partial charge in [0.05, 0.1) is 0 Å². The van der Waals surface area contributed by atoms with Crippen molar-refractivity contribution in [1.29, 1.82) is 0 Å². The molecular formula is C18H22O. The van der Waals surface area contributed by atoms with Gasteiger partial charge in [0.2, 0.25) is 0 Å². The number of aromatic hydroxyl groups is 1. The normalized spacial score (nSPS) is 10.8.